The number of hydrogen-bond acceptors (Lipinski definition) is 4. The summed E-state index contributed by atoms with van der Waals surface area (Å²) in [7, 11) is 2.14. The Morgan fingerprint density at radius 3 is 2.80 bits per heavy atom. The summed E-state index contributed by atoms with van der Waals surface area (Å²) in [5, 5.41) is 0.680. The van der Waals surface area contributed by atoms with Crippen LogP contribution in [-0.2, 0) is 4.74 Å². The van der Waals surface area contributed by atoms with E-state index < -0.39 is 0 Å². The van der Waals surface area contributed by atoms with Crippen LogP contribution < -0.4 is 10.5 Å². The molecule has 2 aliphatic rings. The Morgan fingerprint density at radius 2 is 2.25 bits per heavy atom. The monoisotopic (exact) mass is 296 g/mol. The summed E-state index contributed by atoms with van der Waals surface area (Å²) < 4.78 is 10.9. The first-order valence-electron chi connectivity index (χ1n) is 7.11. The molecule has 2 unspecified atom stereocenters. The topological polar surface area (TPSA) is 47.7 Å². The van der Waals surface area contributed by atoms with Crippen molar-refractivity contribution in [3.63, 3.8) is 0 Å². The molecular formula is C15H21ClN2O2. The summed E-state index contributed by atoms with van der Waals surface area (Å²) in [5.41, 5.74) is 7.02. The van der Waals surface area contributed by atoms with Gasteiger partial charge in [-0.3, -0.25) is 4.90 Å². The van der Waals surface area contributed by atoms with Gasteiger partial charge in [-0.05, 0) is 43.6 Å². The standard InChI is InChI=1S/C15H21ClN2O2/c1-18-7-10(6-17)4-14(18)11-2-3-15(13(16)5-11)20-12-8-19-9-12/h2-3,5,10,12,14H,4,6-9,17H2,1H3. The Morgan fingerprint density at radius 1 is 1.45 bits per heavy atom. The molecule has 0 radical (unpaired) electrons. The van der Waals surface area contributed by atoms with E-state index in [1.54, 1.807) is 0 Å². The van der Waals surface area contributed by atoms with Gasteiger partial charge in [0.15, 0.2) is 0 Å². The maximum absolute atomic E-state index is 6.34. The van der Waals surface area contributed by atoms with Gasteiger partial charge in [0.2, 0.25) is 0 Å². The maximum atomic E-state index is 6.34. The molecule has 2 fully saturated rings. The third-order valence-electron chi connectivity index (χ3n) is 4.21. The molecule has 1 aromatic carbocycles. The van der Waals surface area contributed by atoms with Crippen LogP contribution in [0.3, 0.4) is 0 Å². The van der Waals surface area contributed by atoms with Gasteiger partial charge in [-0.25, -0.2) is 0 Å². The lowest BCUT2D eigenvalue weighted by molar-refractivity contribution is -0.0796. The molecule has 1 aromatic rings. The summed E-state index contributed by atoms with van der Waals surface area (Å²) in [6, 6.07) is 6.51. The predicted octanol–water partition coefficient (Wildman–Crippen LogP) is 2.07. The van der Waals surface area contributed by atoms with Crippen LogP contribution in [0.15, 0.2) is 18.2 Å². The number of hydrogen-bond donors (Lipinski definition) is 1. The Labute approximate surface area is 124 Å². The van der Waals surface area contributed by atoms with Gasteiger partial charge in [-0.1, -0.05) is 17.7 Å². The molecule has 0 saturated carbocycles. The Bertz CT molecular complexity index is 479. The van der Waals surface area contributed by atoms with Crippen LogP contribution in [0.4, 0.5) is 0 Å². The lowest BCUT2D eigenvalue weighted by Crippen LogP contribution is -2.38. The van der Waals surface area contributed by atoms with Crippen LogP contribution in [0.25, 0.3) is 0 Å². The Kier molecular flexibility index (Phi) is 4.17. The second-order valence-electron chi connectivity index (χ2n) is 5.76. The number of ether oxygens (including phenoxy) is 2. The van der Waals surface area contributed by atoms with Gasteiger partial charge < -0.3 is 15.2 Å². The molecule has 0 amide bonds. The van der Waals surface area contributed by atoms with E-state index in [0.29, 0.717) is 30.2 Å². The normalized spacial score (nSPS) is 27.6. The van der Waals surface area contributed by atoms with E-state index >= 15 is 0 Å². The number of likely N-dealkylation sites (tertiary alicyclic amines) is 1. The highest BCUT2D eigenvalue weighted by Gasteiger charge is 2.30. The molecule has 2 heterocycles. The van der Waals surface area contributed by atoms with Crippen molar-refractivity contribution in [2.24, 2.45) is 11.7 Å². The van der Waals surface area contributed by atoms with Crippen molar-refractivity contribution in [2.45, 2.75) is 18.6 Å². The average molecular weight is 297 g/mol. The van der Waals surface area contributed by atoms with E-state index in [1.165, 1.54) is 5.56 Å². The van der Waals surface area contributed by atoms with Crippen molar-refractivity contribution in [1.29, 1.82) is 0 Å². The highest BCUT2D eigenvalue weighted by molar-refractivity contribution is 6.32. The minimum Gasteiger partial charge on any atom is -0.484 e. The van der Waals surface area contributed by atoms with E-state index in [-0.39, 0.29) is 6.10 Å². The third-order valence-corrected chi connectivity index (χ3v) is 4.51. The highest BCUT2D eigenvalue weighted by atomic mass is 35.5. The SMILES string of the molecule is CN1CC(CN)CC1c1ccc(OC2COC2)c(Cl)c1. The largest absolute Gasteiger partial charge is 0.484 e. The average Bonchev–Trinajstić information content (AvgIpc) is 2.76. The molecule has 0 aliphatic carbocycles. The summed E-state index contributed by atoms with van der Waals surface area (Å²) in [4.78, 5) is 2.35. The van der Waals surface area contributed by atoms with E-state index in [2.05, 4.69) is 18.0 Å². The Balaban J connectivity index is 1.72. The summed E-state index contributed by atoms with van der Waals surface area (Å²) in [6.45, 7) is 3.11. The van der Waals surface area contributed by atoms with Gasteiger partial charge in [-0.2, -0.15) is 0 Å². The van der Waals surface area contributed by atoms with Crippen LogP contribution in [0.1, 0.15) is 18.0 Å². The maximum Gasteiger partial charge on any atom is 0.145 e. The van der Waals surface area contributed by atoms with Gasteiger partial charge in [0.1, 0.15) is 11.9 Å². The molecule has 110 valence electrons. The van der Waals surface area contributed by atoms with Gasteiger partial charge in [-0.15, -0.1) is 0 Å². The molecule has 2 N–H and O–H groups in total. The first-order valence-corrected chi connectivity index (χ1v) is 7.49. The first kappa shape index (κ1) is 14.1. The Hall–Kier alpha value is -0.810. The zero-order valence-electron chi connectivity index (χ0n) is 11.7. The van der Waals surface area contributed by atoms with Gasteiger partial charge >= 0.3 is 0 Å². The second kappa shape index (κ2) is 5.90. The fraction of sp³-hybridized carbons (Fsp3) is 0.600. The van der Waals surface area contributed by atoms with Crippen molar-refractivity contribution < 1.29 is 9.47 Å². The summed E-state index contributed by atoms with van der Waals surface area (Å²) in [6.07, 6.45) is 1.24. The van der Waals surface area contributed by atoms with E-state index in [0.717, 1.165) is 25.3 Å². The van der Waals surface area contributed by atoms with Gasteiger partial charge in [0.05, 0.1) is 18.2 Å². The molecular weight excluding hydrogens is 276 g/mol. The van der Waals surface area contributed by atoms with Crippen LogP contribution in [0.5, 0.6) is 5.75 Å². The van der Waals surface area contributed by atoms with Gasteiger partial charge in [0, 0.05) is 12.6 Å². The minimum atomic E-state index is 0.147. The van der Waals surface area contributed by atoms with Crippen LogP contribution in [0.2, 0.25) is 5.02 Å². The molecule has 20 heavy (non-hydrogen) atoms. The molecule has 2 atom stereocenters. The number of halogens is 1. The van der Waals surface area contributed by atoms with Crippen molar-refractivity contribution in [2.75, 3.05) is 33.4 Å². The molecule has 0 spiro atoms. The van der Waals surface area contributed by atoms with Crippen molar-refractivity contribution >= 4 is 11.6 Å². The predicted molar refractivity (Wildman–Crippen MR) is 79.2 cm³/mol. The molecule has 4 nitrogen and oxygen atoms in total. The molecule has 2 aliphatic heterocycles. The van der Waals surface area contributed by atoms with Crippen molar-refractivity contribution in [1.82, 2.24) is 4.90 Å². The fourth-order valence-corrected chi connectivity index (χ4v) is 3.18. The molecule has 3 rings (SSSR count). The summed E-state index contributed by atoms with van der Waals surface area (Å²) in [5.74, 6) is 1.33. The van der Waals surface area contributed by atoms with Crippen LogP contribution in [0, 0.1) is 5.92 Å². The lowest BCUT2D eigenvalue weighted by Gasteiger charge is -2.27. The van der Waals surface area contributed by atoms with Crippen LogP contribution in [-0.4, -0.2) is 44.4 Å². The summed E-state index contributed by atoms with van der Waals surface area (Å²) >= 11 is 6.34. The second-order valence-corrected chi connectivity index (χ2v) is 6.17. The highest BCUT2D eigenvalue weighted by Crippen LogP contribution is 2.37. The first-order chi connectivity index (χ1) is 9.67. The van der Waals surface area contributed by atoms with Crippen molar-refractivity contribution in [3.05, 3.63) is 28.8 Å². The third kappa shape index (κ3) is 2.79. The minimum absolute atomic E-state index is 0.147. The number of nitrogens with zero attached hydrogens (tertiary/aromatic N) is 1. The number of nitrogens with two attached hydrogens (primary N) is 1. The zero-order valence-corrected chi connectivity index (χ0v) is 12.5. The molecule has 0 bridgehead atoms. The van der Waals surface area contributed by atoms with E-state index in [9.17, 15) is 0 Å². The molecule has 5 heteroatoms. The fourth-order valence-electron chi connectivity index (χ4n) is 2.95. The number of rotatable bonds is 4. The molecule has 2 saturated heterocycles. The lowest BCUT2D eigenvalue weighted by atomic mass is 10.00. The van der Waals surface area contributed by atoms with Gasteiger partial charge in [0.25, 0.3) is 0 Å². The van der Waals surface area contributed by atoms with Crippen LogP contribution >= 0.6 is 11.6 Å². The van der Waals surface area contributed by atoms with E-state index in [1.807, 2.05) is 12.1 Å². The van der Waals surface area contributed by atoms with E-state index in [4.69, 9.17) is 26.8 Å². The number of benzene rings is 1. The van der Waals surface area contributed by atoms with Crippen molar-refractivity contribution in [3.8, 4) is 5.75 Å². The zero-order chi connectivity index (χ0) is 14.1. The smallest absolute Gasteiger partial charge is 0.145 e. The quantitative estimate of drug-likeness (QED) is 0.924. The molecule has 0 aromatic heterocycles.